The third-order valence-electron chi connectivity index (χ3n) is 4.26. The standard InChI is InChI=1S/C16H30N6S/c1-5-7-8-17-16(22-9-10-23-14(6-2)12-22)18-11-15-20-19-13(3)21(15)4/h14H,5-12H2,1-4H3,(H,17,18). The van der Waals surface area contributed by atoms with E-state index in [1.807, 2.05) is 18.5 Å². The van der Waals surface area contributed by atoms with Crippen LogP contribution in [0.25, 0.3) is 0 Å². The van der Waals surface area contributed by atoms with Gasteiger partial charge in [-0.25, -0.2) is 4.99 Å². The second kappa shape index (κ2) is 9.15. The Labute approximate surface area is 144 Å². The summed E-state index contributed by atoms with van der Waals surface area (Å²) in [6.07, 6.45) is 3.57. The molecule has 7 heteroatoms. The van der Waals surface area contributed by atoms with E-state index in [1.54, 1.807) is 0 Å². The van der Waals surface area contributed by atoms with Crippen LogP contribution in [-0.2, 0) is 13.6 Å². The maximum absolute atomic E-state index is 4.83. The lowest BCUT2D eigenvalue weighted by Crippen LogP contribution is -2.48. The van der Waals surface area contributed by atoms with Gasteiger partial charge >= 0.3 is 0 Å². The molecule has 0 aromatic carbocycles. The van der Waals surface area contributed by atoms with Gasteiger partial charge in [0.15, 0.2) is 11.8 Å². The summed E-state index contributed by atoms with van der Waals surface area (Å²) in [4.78, 5) is 7.24. The van der Waals surface area contributed by atoms with Crippen LogP contribution in [-0.4, -0.2) is 56.3 Å². The van der Waals surface area contributed by atoms with Crippen molar-refractivity contribution in [2.24, 2.45) is 12.0 Å². The highest BCUT2D eigenvalue weighted by atomic mass is 32.2. The summed E-state index contributed by atoms with van der Waals surface area (Å²) < 4.78 is 2.01. The summed E-state index contributed by atoms with van der Waals surface area (Å²) in [5, 5.41) is 12.6. The number of unbranched alkanes of at least 4 members (excludes halogenated alkanes) is 1. The number of aliphatic imine (C=N–C) groups is 1. The number of hydrogen-bond acceptors (Lipinski definition) is 4. The zero-order valence-corrected chi connectivity index (χ0v) is 15.7. The first-order chi connectivity index (χ1) is 11.2. The first-order valence-electron chi connectivity index (χ1n) is 8.65. The van der Waals surface area contributed by atoms with Gasteiger partial charge in [0.05, 0.1) is 0 Å². The maximum atomic E-state index is 4.83. The largest absolute Gasteiger partial charge is 0.356 e. The molecule has 0 saturated carbocycles. The third kappa shape index (κ3) is 5.12. The van der Waals surface area contributed by atoms with Gasteiger partial charge in [-0.05, 0) is 19.8 Å². The molecule has 0 spiro atoms. The Bertz CT molecular complexity index is 513. The minimum atomic E-state index is 0.576. The molecule has 1 aromatic heterocycles. The molecule has 1 aromatic rings. The maximum Gasteiger partial charge on any atom is 0.194 e. The van der Waals surface area contributed by atoms with Crippen LogP contribution < -0.4 is 5.32 Å². The van der Waals surface area contributed by atoms with Crippen molar-refractivity contribution in [2.45, 2.75) is 51.8 Å². The molecular weight excluding hydrogens is 308 g/mol. The Morgan fingerprint density at radius 3 is 2.87 bits per heavy atom. The fraction of sp³-hybridized carbons (Fsp3) is 0.812. The molecule has 23 heavy (non-hydrogen) atoms. The molecule has 1 aliphatic rings. The second-order valence-electron chi connectivity index (χ2n) is 5.99. The smallest absolute Gasteiger partial charge is 0.194 e. The number of thioether (sulfide) groups is 1. The third-order valence-corrected chi connectivity index (χ3v) is 5.63. The molecule has 130 valence electrons. The summed E-state index contributed by atoms with van der Waals surface area (Å²) in [5.74, 6) is 4.04. The zero-order valence-electron chi connectivity index (χ0n) is 14.9. The molecule has 2 heterocycles. The Hall–Kier alpha value is -1.24. The van der Waals surface area contributed by atoms with E-state index in [-0.39, 0.29) is 0 Å². The van der Waals surface area contributed by atoms with E-state index in [0.717, 1.165) is 37.2 Å². The van der Waals surface area contributed by atoms with Crippen molar-refractivity contribution < 1.29 is 0 Å². The number of aryl methyl sites for hydroxylation is 1. The van der Waals surface area contributed by atoms with Gasteiger partial charge in [0.1, 0.15) is 12.4 Å². The van der Waals surface area contributed by atoms with E-state index in [1.165, 1.54) is 25.0 Å². The lowest BCUT2D eigenvalue weighted by atomic mass is 10.3. The van der Waals surface area contributed by atoms with E-state index in [4.69, 9.17) is 4.99 Å². The summed E-state index contributed by atoms with van der Waals surface area (Å²) in [5.41, 5.74) is 0. The van der Waals surface area contributed by atoms with Crippen LogP contribution in [0.4, 0.5) is 0 Å². The lowest BCUT2D eigenvalue weighted by Gasteiger charge is -2.34. The average molecular weight is 339 g/mol. The van der Waals surface area contributed by atoms with Crippen molar-refractivity contribution in [1.29, 1.82) is 0 Å². The quantitative estimate of drug-likeness (QED) is 0.489. The van der Waals surface area contributed by atoms with E-state index < -0.39 is 0 Å². The molecule has 1 fully saturated rings. The molecule has 1 N–H and O–H groups in total. The van der Waals surface area contributed by atoms with Crippen LogP contribution in [0.1, 0.15) is 44.8 Å². The number of guanidine groups is 1. The summed E-state index contributed by atoms with van der Waals surface area (Å²) >= 11 is 2.08. The molecule has 0 amide bonds. The van der Waals surface area contributed by atoms with Crippen molar-refractivity contribution >= 4 is 17.7 Å². The Kier molecular flexibility index (Phi) is 7.20. The van der Waals surface area contributed by atoms with Gasteiger partial charge in [-0.15, -0.1) is 10.2 Å². The van der Waals surface area contributed by atoms with Crippen molar-refractivity contribution in [1.82, 2.24) is 25.0 Å². The van der Waals surface area contributed by atoms with Crippen molar-refractivity contribution in [3.8, 4) is 0 Å². The van der Waals surface area contributed by atoms with E-state index in [9.17, 15) is 0 Å². The van der Waals surface area contributed by atoms with Crippen LogP contribution in [0.2, 0.25) is 0 Å². The Morgan fingerprint density at radius 1 is 1.39 bits per heavy atom. The second-order valence-corrected chi connectivity index (χ2v) is 7.40. The zero-order chi connectivity index (χ0) is 16.7. The fourth-order valence-electron chi connectivity index (χ4n) is 2.54. The SMILES string of the molecule is CCCCNC(=NCc1nnc(C)n1C)N1CCSC(CC)C1. The highest BCUT2D eigenvalue weighted by Crippen LogP contribution is 2.21. The van der Waals surface area contributed by atoms with Gasteiger partial charge in [0.25, 0.3) is 0 Å². The highest BCUT2D eigenvalue weighted by molar-refractivity contribution is 8.00. The molecule has 1 aliphatic heterocycles. The molecule has 0 bridgehead atoms. The number of aromatic nitrogens is 3. The predicted molar refractivity (Wildman–Crippen MR) is 97.9 cm³/mol. The molecule has 1 atom stereocenters. The number of hydrogen-bond donors (Lipinski definition) is 1. The van der Waals surface area contributed by atoms with Gasteiger partial charge in [-0.3, -0.25) is 0 Å². The van der Waals surface area contributed by atoms with Crippen LogP contribution >= 0.6 is 11.8 Å². The normalized spacial score (nSPS) is 19.2. The van der Waals surface area contributed by atoms with E-state index >= 15 is 0 Å². The Morgan fingerprint density at radius 2 is 2.22 bits per heavy atom. The molecule has 0 aliphatic carbocycles. The van der Waals surface area contributed by atoms with Crippen LogP contribution in [0, 0.1) is 6.92 Å². The van der Waals surface area contributed by atoms with Crippen LogP contribution in [0.15, 0.2) is 4.99 Å². The summed E-state index contributed by atoms with van der Waals surface area (Å²) in [6, 6.07) is 0. The highest BCUT2D eigenvalue weighted by Gasteiger charge is 2.21. The molecule has 1 saturated heterocycles. The monoisotopic (exact) mass is 338 g/mol. The van der Waals surface area contributed by atoms with Crippen molar-refractivity contribution in [3.05, 3.63) is 11.6 Å². The van der Waals surface area contributed by atoms with Gasteiger partial charge in [0, 0.05) is 37.7 Å². The lowest BCUT2D eigenvalue weighted by molar-refractivity contribution is 0.406. The van der Waals surface area contributed by atoms with E-state index in [2.05, 4.69) is 46.0 Å². The van der Waals surface area contributed by atoms with Gasteiger partial charge in [-0.2, -0.15) is 11.8 Å². The number of rotatable bonds is 6. The predicted octanol–water partition coefficient (Wildman–Crippen LogP) is 2.20. The van der Waals surface area contributed by atoms with Gasteiger partial charge < -0.3 is 14.8 Å². The first kappa shape index (κ1) is 18.1. The number of nitrogens with zero attached hydrogens (tertiary/aromatic N) is 5. The fourth-order valence-corrected chi connectivity index (χ4v) is 3.72. The van der Waals surface area contributed by atoms with E-state index in [0.29, 0.717) is 11.8 Å². The summed E-state index contributed by atoms with van der Waals surface area (Å²) in [6.45, 7) is 10.2. The van der Waals surface area contributed by atoms with Crippen LogP contribution in [0.3, 0.4) is 0 Å². The summed E-state index contributed by atoms with van der Waals surface area (Å²) in [7, 11) is 2.00. The topological polar surface area (TPSA) is 58.3 Å². The Balaban J connectivity index is 2.06. The molecular formula is C16H30N6S. The average Bonchev–Trinajstić information content (AvgIpc) is 2.90. The number of nitrogens with one attached hydrogen (secondary N) is 1. The minimum absolute atomic E-state index is 0.576. The van der Waals surface area contributed by atoms with Crippen molar-refractivity contribution in [2.75, 3.05) is 25.4 Å². The molecule has 2 rings (SSSR count). The molecule has 0 radical (unpaired) electrons. The molecule has 6 nitrogen and oxygen atoms in total. The molecule has 1 unspecified atom stereocenters. The van der Waals surface area contributed by atoms with Gasteiger partial charge in [0.2, 0.25) is 0 Å². The first-order valence-corrected chi connectivity index (χ1v) is 9.70. The van der Waals surface area contributed by atoms with Crippen molar-refractivity contribution in [3.63, 3.8) is 0 Å². The minimum Gasteiger partial charge on any atom is -0.356 e. The van der Waals surface area contributed by atoms with Gasteiger partial charge in [-0.1, -0.05) is 20.3 Å². The van der Waals surface area contributed by atoms with Crippen LogP contribution in [0.5, 0.6) is 0 Å².